The van der Waals surface area contributed by atoms with E-state index in [9.17, 15) is 9.18 Å². The second-order valence-electron chi connectivity index (χ2n) is 3.77. The Morgan fingerprint density at radius 1 is 1.50 bits per heavy atom. The monoisotopic (exact) mass is 272 g/mol. The molecule has 0 aliphatic carbocycles. The molecule has 1 heterocycles. The Balaban J connectivity index is 0.00000162. The van der Waals surface area contributed by atoms with Gasteiger partial charge in [-0.1, -0.05) is 0 Å². The van der Waals surface area contributed by atoms with E-state index < -0.39 is 0 Å². The van der Waals surface area contributed by atoms with Gasteiger partial charge in [0.05, 0.1) is 13.1 Å². The van der Waals surface area contributed by atoms with Crippen molar-refractivity contribution in [1.82, 2.24) is 5.32 Å². The van der Waals surface area contributed by atoms with Gasteiger partial charge in [0.15, 0.2) is 0 Å². The zero-order valence-corrected chi connectivity index (χ0v) is 10.6. The highest BCUT2D eigenvalue weighted by molar-refractivity contribution is 5.85. The number of carbonyl (C=O) groups is 1. The van der Waals surface area contributed by atoms with Crippen LogP contribution in [0.1, 0.15) is 11.3 Å². The molecular formula is C12H14ClFN2O2. The van der Waals surface area contributed by atoms with Gasteiger partial charge >= 0.3 is 0 Å². The first-order chi connectivity index (χ1) is 8.11. The number of hydrogen-bond acceptors (Lipinski definition) is 3. The summed E-state index contributed by atoms with van der Waals surface area (Å²) in [5.74, 6) is 0.0578. The minimum absolute atomic E-state index is 0. The molecule has 0 atom stereocenters. The Morgan fingerprint density at radius 2 is 2.22 bits per heavy atom. The lowest BCUT2D eigenvalue weighted by Crippen LogP contribution is -2.29. The minimum atomic E-state index is -0.307. The van der Waals surface area contributed by atoms with Crippen molar-refractivity contribution in [3.05, 3.63) is 35.3 Å². The van der Waals surface area contributed by atoms with Crippen molar-refractivity contribution in [3.8, 4) is 0 Å². The summed E-state index contributed by atoms with van der Waals surface area (Å²) in [5.41, 5.74) is 6.62. The molecule has 6 heteroatoms. The van der Waals surface area contributed by atoms with Crippen LogP contribution in [0.2, 0.25) is 0 Å². The first kappa shape index (κ1) is 14.5. The number of amides is 1. The molecule has 0 saturated heterocycles. The van der Waals surface area contributed by atoms with E-state index in [1.807, 2.05) is 6.92 Å². The highest BCUT2D eigenvalue weighted by atomic mass is 35.5. The molecule has 0 aliphatic rings. The Bertz CT molecular complexity index is 568. The van der Waals surface area contributed by atoms with Crippen LogP contribution in [-0.2, 0) is 11.3 Å². The predicted molar refractivity (Wildman–Crippen MR) is 69.1 cm³/mol. The lowest BCUT2D eigenvalue weighted by Gasteiger charge is -2.00. The van der Waals surface area contributed by atoms with Crippen LogP contribution in [-0.4, -0.2) is 12.5 Å². The molecule has 98 valence electrons. The molecule has 0 aliphatic heterocycles. The topological polar surface area (TPSA) is 68.3 Å². The molecule has 0 unspecified atom stereocenters. The smallest absolute Gasteiger partial charge is 0.234 e. The maximum Gasteiger partial charge on any atom is 0.234 e. The molecule has 0 fully saturated rings. The van der Waals surface area contributed by atoms with E-state index in [0.717, 1.165) is 10.9 Å². The second kappa shape index (κ2) is 5.84. The van der Waals surface area contributed by atoms with Crippen molar-refractivity contribution < 1.29 is 13.6 Å². The van der Waals surface area contributed by atoms with Crippen molar-refractivity contribution in [1.29, 1.82) is 0 Å². The fourth-order valence-electron chi connectivity index (χ4n) is 1.66. The van der Waals surface area contributed by atoms with Crippen LogP contribution in [0, 0.1) is 12.7 Å². The van der Waals surface area contributed by atoms with E-state index in [1.165, 1.54) is 12.1 Å². The molecule has 18 heavy (non-hydrogen) atoms. The van der Waals surface area contributed by atoms with E-state index in [1.54, 1.807) is 6.07 Å². The maximum absolute atomic E-state index is 13.1. The van der Waals surface area contributed by atoms with Gasteiger partial charge in [0.1, 0.15) is 17.2 Å². The molecular weight excluding hydrogens is 259 g/mol. The third-order valence-electron chi connectivity index (χ3n) is 2.63. The van der Waals surface area contributed by atoms with Crippen LogP contribution in [0.3, 0.4) is 0 Å². The lowest BCUT2D eigenvalue weighted by molar-refractivity contribution is -0.119. The van der Waals surface area contributed by atoms with Gasteiger partial charge in [0.2, 0.25) is 5.91 Å². The van der Waals surface area contributed by atoms with Gasteiger partial charge in [-0.2, -0.15) is 0 Å². The summed E-state index contributed by atoms with van der Waals surface area (Å²) in [7, 11) is 0. The summed E-state index contributed by atoms with van der Waals surface area (Å²) in [5, 5.41) is 3.34. The molecule has 4 nitrogen and oxygen atoms in total. The van der Waals surface area contributed by atoms with Crippen molar-refractivity contribution in [2.75, 3.05) is 6.54 Å². The fourth-order valence-corrected chi connectivity index (χ4v) is 1.66. The van der Waals surface area contributed by atoms with Crippen LogP contribution in [0.15, 0.2) is 22.6 Å². The number of halogens is 2. The summed E-state index contributed by atoms with van der Waals surface area (Å²) in [6, 6.07) is 4.34. The predicted octanol–water partition coefficient (Wildman–Crippen LogP) is 1.88. The molecule has 1 aromatic carbocycles. The van der Waals surface area contributed by atoms with Gasteiger partial charge < -0.3 is 15.5 Å². The number of benzene rings is 1. The van der Waals surface area contributed by atoms with E-state index in [4.69, 9.17) is 10.2 Å². The average Bonchev–Trinajstić information content (AvgIpc) is 2.63. The van der Waals surface area contributed by atoms with Crippen LogP contribution in [0.25, 0.3) is 11.0 Å². The van der Waals surface area contributed by atoms with Gasteiger partial charge in [-0.25, -0.2) is 4.39 Å². The van der Waals surface area contributed by atoms with Crippen molar-refractivity contribution in [2.45, 2.75) is 13.5 Å². The number of aryl methyl sites for hydroxylation is 1. The Hall–Kier alpha value is -1.59. The number of fused-ring (bicyclic) bond motifs is 1. The van der Waals surface area contributed by atoms with Gasteiger partial charge in [-0.3, -0.25) is 4.79 Å². The zero-order valence-electron chi connectivity index (χ0n) is 9.83. The first-order valence-corrected chi connectivity index (χ1v) is 5.26. The number of rotatable bonds is 3. The third kappa shape index (κ3) is 2.80. The molecule has 2 rings (SSSR count). The number of nitrogens with two attached hydrogens (primary N) is 1. The van der Waals surface area contributed by atoms with E-state index in [0.29, 0.717) is 11.3 Å². The first-order valence-electron chi connectivity index (χ1n) is 5.26. The van der Waals surface area contributed by atoms with Crippen LogP contribution in [0.5, 0.6) is 0 Å². The molecule has 0 radical (unpaired) electrons. The highest BCUT2D eigenvalue weighted by Gasteiger charge is 2.11. The molecule has 1 amide bonds. The standard InChI is InChI=1S/C12H13FN2O2.ClH/c1-7-9-4-8(13)2-3-10(9)17-11(7)6-15-12(16)5-14;/h2-4H,5-6,14H2,1H3,(H,15,16);1H. The molecule has 3 N–H and O–H groups in total. The number of nitrogens with one attached hydrogen (secondary N) is 1. The van der Waals surface area contributed by atoms with Crippen molar-refractivity contribution in [2.24, 2.45) is 5.73 Å². The number of carbonyl (C=O) groups excluding carboxylic acids is 1. The van der Waals surface area contributed by atoms with Gasteiger partial charge in [0.25, 0.3) is 0 Å². The van der Waals surface area contributed by atoms with E-state index in [2.05, 4.69) is 5.32 Å². The Labute approximate surface area is 110 Å². The fraction of sp³-hybridized carbons (Fsp3) is 0.250. The highest BCUT2D eigenvalue weighted by Crippen LogP contribution is 2.25. The number of furan rings is 1. The zero-order chi connectivity index (χ0) is 12.4. The lowest BCUT2D eigenvalue weighted by atomic mass is 10.1. The normalized spacial score (nSPS) is 10.2. The van der Waals surface area contributed by atoms with Crippen LogP contribution < -0.4 is 11.1 Å². The molecule has 0 saturated carbocycles. The van der Waals surface area contributed by atoms with Gasteiger partial charge in [0, 0.05) is 10.9 Å². The van der Waals surface area contributed by atoms with Crippen molar-refractivity contribution in [3.63, 3.8) is 0 Å². The summed E-state index contributed by atoms with van der Waals surface area (Å²) >= 11 is 0. The third-order valence-corrected chi connectivity index (χ3v) is 2.63. The minimum Gasteiger partial charge on any atom is -0.459 e. The summed E-state index contributed by atoms with van der Waals surface area (Å²) in [4.78, 5) is 11.0. The molecule has 2 aromatic rings. The molecule has 0 bridgehead atoms. The quantitative estimate of drug-likeness (QED) is 0.896. The van der Waals surface area contributed by atoms with Crippen LogP contribution in [0.4, 0.5) is 4.39 Å². The van der Waals surface area contributed by atoms with Gasteiger partial charge in [-0.05, 0) is 25.1 Å². The van der Waals surface area contributed by atoms with Crippen molar-refractivity contribution >= 4 is 29.3 Å². The van der Waals surface area contributed by atoms with Crippen LogP contribution >= 0.6 is 12.4 Å². The SMILES string of the molecule is Cc1c(CNC(=O)CN)oc2ccc(F)cc12.Cl. The Morgan fingerprint density at radius 3 is 2.89 bits per heavy atom. The number of hydrogen-bond donors (Lipinski definition) is 2. The molecule has 0 spiro atoms. The van der Waals surface area contributed by atoms with E-state index >= 15 is 0 Å². The summed E-state index contributed by atoms with van der Waals surface area (Å²) in [6.07, 6.45) is 0. The largest absolute Gasteiger partial charge is 0.459 e. The summed E-state index contributed by atoms with van der Waals surface area (Å²) in [6.45, 7) is 2.03. The van der Waals surface area contributed by atoms with E-state index in [-0.39, 0.29) is 37.2 Å². The van der Waals surface area contributed by atoms with Gasteiger partial charge in [-0.15, -0.1) is 12.4 Å². The summed E-state index contributed by atoms with van der Waals surface area (Å²) < 4.78 is 18.6. The second-order valence-corrected chi connectivity index (χ2v) is 3.77. The maximum atomic E-state index is 13.1. The molecule has 1 aromatic heterocycles. The average molecular weight is 273 g/mol. The Kier molecular flexibility index (Phi) is 4.69.